The highest BCUT2D eigenvalue weighted by Gasteiger charge is 2.23. The van der Waals surface area contributed by atoms with Crippen LogP contribution in [0.3, 0.4) is 0 Å². The third-order valence-electron chi connectivity index (χ3n) is 4.92. The Labute approximate surface area is 155 Å². The van der Waals surface area contributed by atoms with Crippen LogP contribution in [-0.4, -0.2) is 40.6 Å². The Morgan fingerprint density at radius 1 is 1.15 bits per heavy atom. The van der Waals surface area contributed by atoms with E-state index >= 15 is 0 Å². The maximum atomic E-state index is 12.3. The number of hydrogen-bond acceptors (Lipinski definition) is 5. The van der Waals surface area contributed by atoms with Crippen LogP contribution >= 0.6 is 0 Å². The monoisotopic (exact) mass is 356 g/mol. The molecule has 0 saturated carbocycles. The number of amides is 1. The fourth-order valence-corrected chi connectivity index (χ4v) is 3.36. The molecular weight excluding hydrogens is 328 g/mol. The van der Waals surface area contributed by atoms with Gasteiger partial charge >= 0.3 is 0 Å². The second kappa shape index (κ2) is 8.45. The number of nitrogens with zero attached hydrogens (tertiary/aromatic N) is 3. The molecule has 1 aliphatic heterocycles. The molecule has 1 amide bonds. The lowest BCUT2D eigenvalue weighted by Crippen LogP contribution is -2.41. The minimum absolute atomic E-state index is 0.0000388. The third-order valence-corrected chi connectivity index (χ3v) is 4.92. The fourth-order valence-electron chi connectivity index (χ4n) is 3.36. The van der Waals surface area contributed by atoms with Gasteiger partial charge in [0.25, 0.3) is 0 Å². The van der Waals surface area contributed by atoms with Crippen LogP contribution in [0.4, 0.5) is 0 Å². The molecule has 2 heterocycles. The molecule has 0 aliphatic carbocycles. The van der Waals surface area contributed by atoms with Gasteiger partial charge in [0.15, 0.2) is 0 Å². The molecule has 1 atom stereocenters. The quantitative estimate of drug-likeness (QED) is 0.860. The van der Waals surface area contributed by atoms with Crippen molar-refractivity contribution in [1.29, 1.82) is 0 Å². The summed E-state index contributed by atoms with van der Waals surface area (Å²) in [4.78, 5) is 14.6. The largest absolute Gasteiger partial charge is 0.423 e. The van der Waals surface area contributed by atoms with E-state index in [0.29, 0.717) is 24.2 Å². The molecule has 140 valence electrons. The summed E-state index contributed by atoms with van der Waals surface area (Å²) in [5.74, 6) is 1.85. The molecule has 3 rings (SSSR count). The Morgan fingerprint density at radius 3 is 2.42 bits per heavy atom. The van der Waals surface area contributed by atoms with Gasteiger partial charge in [0.1, 0.15) is 6.04 Å². The number of carbonyl (C=O) groups is 1. The number of piperidine rings is 1. The van der Waals surface area contributed by atoms with E-state index in [2.05, 4.69) is 50.7 Å². The summed E-state index contributed by atoms with van der Waals surface area (Å²) >= 11 is 0. The van der Waals surface area contributed by atoms with Crippen LogP contribution in [0.15, 0.2) is 34.7 Å². The average Bonchev–Trinajstić information content (AvgIpc) is 3.14. The molecule has 0 spiro atoms. The van der Waals surface area contributed by atoms with E-state index in [1.54, 1.807) is 0 Å². The molecule has 1 N–H and O–H groups in total. The number of carbonyl (C=O) groups excluding carboxylic acids is 1. The standard InChI is InChI=1S/C20H28N4O2/c1-14(2)19-22-23-20(26-19)15(3)21-18(25)13-24-11-9-17(10-12-24)16-7-5-4-6-8-16/h4-8,14-15,17H,9-13H2,1-3H3,(H,21,25)/t15-/m0/s1. The van der Waals surface area contributed by atoms with Gasteiger partial charge in [0.05, 0.1) is 6.54 Å². The maximum absolute atomic E-state index is 12.3. The van der Waals surface area contributed by atoms with Gasteiger partial charge in [0.2, 0.25) is 17.7 Å². The van der Waals surface area contributed by atoms with Gasteiger partial charge in [-0.15, -0.1) is 10.2 Å². The molecule has 26 heavy (non-hydrogen) atoms. The number of hydrogen-bond donors (Lipinski definition) is 1. The highest BCUT2D eigenvalue weighted by atomic mass is 16.4. The SMILES string of the molecule is CC(C)c1nnc([C@H](C)NC(=O)CN2CCC(c3ccccc3)CC2)o1. The van der Waals surface area contributed by atoms with Gasteiger partial charge in [-0.3, -0.25) is 9.69 Å². The lowest BCUT2D eigenvalue weighted by atomic mass is 9.89. The van der Waals surface area contributed by atoms with Crippen LogP contribution in [0.2, 0.25) is 0 Å². The van der Waals surface area contributed by atoms with E-state index < -0.39 is 0 Å². The predicted octanol–water partition coefficient (Wildman–Crippen LogP) is 3.25. The molecule has 2 aromatic rings. The van der Waals surface area contributed by atoms with E-state index in [4.69, 9.17) is 4.42 Å². The summed E-state index contributed by atoms with van der Waals surface area (Å²) in [6.45, 7) is 8.17. The molecule has 1 aromatic heterocycles. The smallest absolute Gasteiger partial charge is 0.238 e. The Bertz CT molecular complexity index is 706. The summed E-state index contributed by atoms with van der Waals surface area (Å²) in [5, 5.41) is 11.0. The second-order valence-corrected chi connectivity index (χ2v) is 7.38. The topological polar surface area (TPSA) is 71.3 Å². The molecule has 1 aliphatic rings. The summed E-state index contributed by atoms with van der Waals surface area (Å²) in [7, 11) is 0. The van der Waals surface area contributed by atoms with Gasteiger partial charge in [-0.05, 0) is 44.3 Å². The molecule has 6 nitrogen and oxygen atoms in total. The highest BCUT2D eigenvalue weighted by Crippen LogP contribution is 2.27. The molecule has 0 bridgehead atoms. The van der Waals surface area contributed by atoms with Crippen molar-refractivity contribution in [3.05, 3.63) is 47.7 Å². The first kappa shape index (κ1) is 18.6. The highest BCUT2D eigenvalue weighted by molar-refractivity contribution is 5.78. The van der Waals surface area contributed by atoms with Gasteiger partial charge in [-0.2, -0.15) is 0 Å². The van der Waals surface area contributed by atoms with Crippen molar-refractivity contribution in [2.24, 2.45) is 0 Å². The van der Waals surface area contributed by atoms with Crippen molar-refractivity contribution < 1.29 is 9.21 Å². The van der Waals surface area contributed by atoms with Crippen molar-refractivity contribution in [2.45, 2.75) is 51.5 Å². The van der Waals surface area contributed by atoms with Crippen molar-refractivity contribution >= 4 is 5.91 Å². The van der Waals surface area contributed by atoms with Crippen molar-refractivity contribution in [3.8, 4) is 0 Å². The summed E-state index contributed by atoms with van der Waals surface area (Å²) in [6, 6.07) is 10.4. The van der Waals surface area contributed by atoms with Gasteiger partial charge < -0.3 is 9.73 Å². The number of benzene rings is 1. The number of aromatic nitrogens is 2. The van der Waals surface area contributed by atoms with E-state index in [1.165, 1.54) is 5.56 Å². The Kier molecular flexibility index (Phi) is 6.04. The van der Waals surface area contributed by atoms with Crippen molar-refractivity contribution in [1.82, 2.24) is 20.4 Å². The zero-order valence-electron chi connectivity index (χ0n) is 15.8. The lowest BCUT2D eigenvalue weighted by Gasteiger charge is -2.31. The van der Waals surface area contributed by atoms with E-state index in [1.807, 2.05) is 20.8 Å². The summed E-state index contributed by atoms with van der Waals surface area (Å²) in [5.41, 5.74) is 1.41. The van der Waals surface area contributed by atoms with Gasteiger partial charge in [-0.1, -0.05) is 44.2 Å². The Balaban J connectivity index is 1.45. The van der Waals surface area contributed by atoms with Gasteiger partial charge in [0, 0.05) is 5.92 Å². The van der Waals surface area contributed by atoms with Crippen LogP contribution in [-0.2, 0) is 4.79 Å². The van der Waals surface area contributed by atoms with Crippen LogP contribution < -0.4 is 5.32 Å². The number of likely N-dealkylation sites (tertiary alicyclic amines) is 1. The van der Waals surface area contributed by atoms with Crippen LogP contribution in [0.1, 0.15) is 68.8 Å². The van der Waals surface area contributed by atoms with Gasteiger partial charge in [-0.25, -0.2) is 0 Å². The Morgan fingerprint density at radius 2 is 1.81 bits per heavy atom. The Hall–Kier alpha value is -2.21. The normalized spacial score (nSPS) is 17.4. The third kappa shape index (κ3) is 4.69. The summed E-state index contributed by atoms with van der Waals surface area (Å²) < 4.78 is 5.61. The fraction of sp³-hybridized carbons (Fsp3) is 0.550. The zero-order valence-corrected chi connectivity index (χ0v) is 15.8. The van der Waals surface area contributed by atoms with Crippen LogP contribution in [0.5, 0.6) is 0 Å². The average molecular weight is 356 g/mol. The first-order valence-electron chi connectivity index (χ1n) is 9.43. The molecule has 1 aromatic carbocycles. The first-order chi connectivity index (χ1) is 12.5. The molecular formula is C20H28N4O2. The zero-order chi connectivity index (χ0) is 18.5. The minimum Gasteiger partial charge on any atom is -0.423 e. The molecule has 1 saturated heterocycles. The van der Waals surface area contributed by atoms with Crippen molar-refractivity contribution in [2.75, 3.05) is 19.6 Å². The molecule has 6 heteroatoms. The molecule has 0 unspecified atom stereocenters. The second-order valence-electron chi connectivity index (χ2n) is 7.38. The number of rotatable bonds is 6. The van der Waals surface area contributed by atoms with Crippen LogP contribution in [0, 0.1) is 0 Å². The minimum atomic E-state index is -0.274. The van der Waals surface area contributed by atoms with Crippen LogP contribution in [0.25, 0.3) is 0 Å². The molecule has 0 radical (unpaired) electrons. The molecule has 1 fully saturated rings. The summed E-state index contributed by atoms with van der Waals surface area (Å²) in [6.07, 6.45) is 2.18. The lowest BCUT2D eigenvalue weighted by molar-refractivity contribution is -0.123. The first-order valence-corrected chi connectivity index (χ1v) is 9.43. The van der Waals surface area contributed by atoms with E-state index in [-0.39, 0.29) is 17.9 Å². The number of nitrogens with one attached hydrogen (secondary N) is 1. The van der Waals surface area contributed by atoms with E-state index in [9.17, 15) is 4.79 Å². The van der Waals surface area contributed by atoms with E-state index in [0.717, 1.165) is 25.9 Å². The maximum Gasteiger partial charge on any atom is 0.238 e. The van der Waals surface area contributed by atoms with Crippen molar-refractivity contribution in [3.63, 3.8) is 0 Å². The predicted molar refractivity (Wildman–Crippen MR) is 99.8 cm³/mol.